The van der Waals surface area contributed by atoms with Crippen LogP contribution >= 0.6 is 46.4 Å². The fraction of sp³-hybridized carbons (Fsp3) is 0.341. The van der Waals surface area contributed by atoms with Gasteiger partial charge in [0.15, 0.2) is 5.60 Å². The van der Waals surface area contributed by atoms with Crippen LogP contribution in [0.5, 0.6) is 11.5 Å². The summed E-state index contributed by atoms with van der Waals surface area (Å²) in [6.45, 7) is 10.2. The number of rotatable bonds is 9. The molecule has 0 amide bonds. The van der Waals surface area contributed by atoms with Crippen molar-refractivity contribution in [3.63, 3.8) is 0 Å². The molecule has 0 saturated carbocycles. The van der Waals surface area contributed by atoms with Crippen LogP contribution in [0.25, 0.3) is 22.3 Å². The Morgan fingerprint density at radius 2 is 1.25 bits per heavy atom. The van der Waals surface area contributed by atoms with Gasteiger partial charge in [-0.3, -0.25) is 19.0 Å². The molecule has 0 bridgehead atoms. The lowest BCUT2D eigenvalue weighted by Crippen LogP contribution is -2.32. The molecule has 300 valence electrons. The van der Waals surface area contributed by atoms with Crippen molar-refractivity contribution in [3.05, 3.63) is 125 Å². The molecule has 0 radical (unpaired) electrons. The first kappa shape index (κ1) is 40.7. The average Bonchev–Trinajstić information content (AvgIpc) is 3.80. The lowest BCUT2D eigenvalue weighted by Gasteiger charge is -2.22. The molecular formula is C41H39Cl4F2N5O5. The summed E-state index contributed by atoms with van der Waals surface area (Å²) in [6, 6.07) is 14.9. The second-order valence-corrected chi connectivity index (χ2v) is 16.1. The fourth-order valence-corrected chi connectivity index (χ4v) is 8.17. The van der Waals surface area contributed by atoms with E-state index in [1.165, 1.54) is 12.1 Å². The van der Waals surface area contributed by atoms with Crippen molar-refractivity contribution in [2.75, 3.05) is 13.2 Å². The molecule has 0 spiro atoms. The Balaban J connectivity index is 0.000000183. The lowest BCUT2D eigenvalue weighted by molar-refractivity contribution is -0.0356. The number of nitrogens with zero attached hydrogens (tertiary/aromatic N) is 5. The van der Waals surface area contributed by atoms with Gasteiger partial charge in [0, 0.05) is 43.7 Å². The molecule has 16 heteroatoms. The zero-order valence-electron chi connectivity index (χ0n) is 31.2. The minimum absolute atomic E-state index is 0.0671. The van der Waals surface area contributed by atoms with Crippen molar-refractivity contribution in [1.29, 1.82) is 0 Å². The molecule has 1 atom stereocenters. The zero-order chi connectivity index (χ0) is 40.6. The van der Waals surface area contributed by atoms with E-state index in [9.17, 15) is 18.4 Å². The van der Waals surface area contributed by atoms with E-state index < -0.39 is 17.2 Å². The van der Waals surface area contributed by atoms with Gasteiger partial charge in [0.05, 0.1) is 26.9 Å². The Morgan fingerprint density at radius 3 is 1.72 bits per heavy atom. The number of benzene rings is 3. The van der Waals surface area contributed by atoms with Gasteiger partial charge in [-0.2, -0.15) is 0 Å². The van der Waals surface area contributed by atoms with Gasteiger partial charge in [-0.25, -0.2) is 18.1 Å². The first-order valence-electron chi connectivity index (χ1n) is 18.4. The molecule has 1 unspecified atom stereocenters. The van der Waals surface area contributed by atoms with E-state index in [0.29, 0.717) is 38.3 Å². The van der Waals surface area contributed by atoms with Crippen LogP contribution in [0, 0.1) is 11.6 Å². The van der Waals surface area contributed by atoms with Crippen molar-refractivity contribution < 1.29 is 23.1 Å². The van der Waals surface area contributed by atoms with E-state index in [2.05, 4.69) is 11.7 Å². The van der Waals surface area contributed by atoms with Crippen molar-refractivity contribution in [1.82, 2.24) is 18.7 Å². The number of hydrogen-bond acceptors (Lipinski definition) is 6. The maximum absolute atomic E-state index is 14.9. The average molecular weight is 862 g/mol. The van der Waals surface area contributed by atoms with E-state index in [0.717, 1.165) is 54.7 Å². The van der Waals surface area contributed by atoms with Gasteiger partial charge in [0.25, 0.3) is 11.1 Å². The Morgan fingerprint density at radius 1 is 0.772 bits per heavy atom. The summed E-state index contributed by atoms with van der Waals surface area (Å²) in [5, 5.41) is 4.91. The van der Waals surface area contributed by atoms with Crippen molar-refractivity contribution in [2.45, 2.75) is 77.7 Å². The van der Waals surface area contributed by atoms with Gasteiger partial charge >= 0.3 is 0 Å². The minimum atomic E-state index is -0.713. The highest BCUT2D eigenvalue weighted by Crippen LogP contribution is 2.38. The van der Waals surface area contributed by atoms with Crippen LogP contribution in [-0.4, -0.2) is 43.3 Å². The highest BCUT2D eigenvalue weighted by atomic mass is 35.5. The van der Waals surface area contributed by atoms with E-state index in [4.69, 9.17) is 60.7 Å². The summed E-state index contributed by atoms with van der Waals surface area (Å²) < 4.78 is 47.4. The predicted molar refractivity (Wildman–Crippen MR) is 220 cm³/mol. The summed E-state index contributed by atoms with van der Waals surface area (Å²) in [5.41, 5.74) is 1.71. The quantitative estimate of drug-likeness (QED) is 0.138. The summed E-state index contributed by atoms with van der Waals surface area (Å²) in [6.07, 6.45) is 4.17. The van der Waals surface area contributed by atoms with Crippen molar-refractivity contribution >= 4 is 52.1 Å². The number of ether oxygens (including phenoxy) is 2. The third-order valence-corrected chi connectivity index (χ3v) is 11.3. The maximum atomic E-state index is 14.9. The molecule has 2 aromatic heterocycles. The normalized spacial score (nSPS) is 17.2. The standard InChI is InChI=1S/C24H22Cl2FN3O3.C17H17Cl2FN2O2/c1-24(13-19(28-33-24)15-7-3-2-4-8-15)14-32-20-11-16(18(27)12-17(20)25)21-22(26)29-9-5-6-10-30(29)23(21)31;1-10(2)9-24-14-7-11(13(20)8-12(14)18)15-16(19)21-5-3-4-6-22(21)17(15)23/h2-4,7-8,11-12H,5-6,9-10,13-14H2,1H3;7-8H,1,3-6,9H2,2H3. The van der Waals surface area contributed by atoms with E-state index in [1.54, 1.807) is 18.7 Å². The van der Waals surface area contributed by atoms with Crippen LogP contribution in [0.3, 0.4) is 0 Å². The molecule has 0 saturated heterocycles. The van der Waals surface area contributed by atoms with E-state index in [-0.39, 0.29) is 72.7 Å². The molecule has 5 heterocycles. The topological polar surface area (TPSA) is 93.9 Å². The van der Waals surface area contributed by atoms with Gasteiger partial charge in [0.2, 0.25) is 0 Å². The van der Waals surface area contributed by atoms with Crippen LogP contribution in [0.15, 0.2) is 81.5 Å². The molecule has 5 aromatic rings. The predicted octanol–water partition coefficient (Wildman–Crippen LogP) is 10.0. The smallest absolute Gasteiger partial charge is 0.276 e. The van der Waals surface area contributed by atoms with Crippen LogP contribution in [-0.2, 0) is 31.0 Å². The molecular weight excluding hydrogens is 822 g/mol. The second kappa shape index (κ2) is 16.8. The SMILES string of the molecule is C=C(C)COc1cc(-c2c(Cl)n3n(c2=O)CCCC3)c(F)cc1Cl.CC1(COc2cc(-c3c(Cl)n4n(c3=O)CCCC4)c(F)cc2Cl)CC(c2ccccc2)=NO1. The van der Waals surface area contributed by atoms with Crippen molar-refractivity contribution in [3.8, 4) is 33.8 Å². The van der Waals surface area contributed by atoms with E-state index >= 15 is 0 Å². The third kappa shape index (κ3) is 8.28. The van der Waals surface area contributed by atoms with Crippen LogP contribution in [0.4, 0.5) is 8.78 Å². The molecule has 57 heavy (non-hydrogen) atoms. The molecule has 3 aliphatic rings. The number of fused-ring (bicyclic) bond motifs is 2. The summed E-state index contributed by atoms with van der Waals surface area (Å²) in [5.74, 6) is -0.699. The lowest BCUT2D eigenvalue weighted by atomic mass is 9.97. The summed E-state index contributed by atoms with van der Waals surface area (Å²) >= 11 is 25.2. The molecule has 10 nitrogen and oxygen atoms in total. The maximum Gasteiger partial charge on any atom is 0.276 e. The highest BCUT2D eigenvalue weighted by molar-refractivity contribution is 6.34. The fourth-order valence-electron chi connectivity index (χ4n) is 7.05. The molecule has 0 aliphatic carbocycles. The monoisotopic (exact) mass is 859 g/mol. The number of halogens is 6. The van der Waals surface area contributed by atoms with Crippen LogP contribution in [0.2, 0.25) is 20.4 Å². The van der Waals surface area contributed by atoms with Crippen LogP contribution in [0.1, 0.15) is 51.5 Å². The Kier molecular flexibility index (Phi) is 12.0. The summed E-state index contributed by atoms with van der Waals surface area (Å²) in [4.78, 5) is 31.3. The van der Waals surface area contributed by atoms with Gasteiger partial charge in [-0.15, -0.1) is 0 Å². The minimum Gasteiger partial charge on any atom is -0.488 e. The van der Waals surface area contributed by atoms with Gasteiger partial charge in [0.1, 0.15) is 46.7 Å². The Labute approximate surface area is 347 Å². The molecule has 3 aliphatic heterocycles. The molecule has 0 N–H and O–H groups in total. The zero-order valence-corrected chi connectivity index (χ0v) is 34.3. The molecule has 3 aromatic carbocycles. The van der Waals surface area contributed by atoms with Gasteiger partial charge in [-0.1, -0.05) is 88.5 Å². The first-order chi connectivity index (χ1) is 27.3. The van der Waals surface area contributed by atoms with Crippen molar-refractivity contribution in [2.24, 2.45) is 5.16 Å². The highest BCUT2D eigenvalue weighted by Gasteiger charge is 2.36. The Bertz CT molecular complexity index is 2510. The number of oxime groups is 1. The molecule has 0 fully saturated rings. The van der Waals surface area contributed by atoms with Gasteiger partial charge < -0.3 is 14.3 Å². The largest absolute Gasteiger partial charge is 0.488 e. The number of aromatic nitrogens is 4. The van der Waals surface area contributed by atoms with E-state index in [1.807, 2.05) is 44.2 Å². The van der Waals surface area contributed by atoms with Crippen LogP contribution < -0.4 is 20.6 Å². The summed E-state index contributed by atoms with van der Waals surface area (Å²) in [7, 11) is 0. The molecule has 8 rings (SSSR count). The first-order valence-corrected chi connectivity index (χ1v) is 19.9. The second-order valence-electron chi connectivity index (χ2n) is 14.5. The number of hydrogen-bond donors (Lipinski definition) is 0. The third-order valence-electron chi connectivity index (χ3n) is 9.94. The Hall–Kier alpha value is -4.49. The van der Waals surface area contributed by atoms with Gasteiger partial charge in [-0.05, 0) is 74.9 Å².